The molecule has 2 rings (SSSR count). The minimum Gasteiger partial charge on any atom is -0.396 e. The molecule has 0 aliphatic heterocycles. The molecule has 4 heteroatoms. The van der Waals surface area contributed by atoms with Gasteiger partial charge in [-0.3, -0.25) is 0 Å². The quantitative estimate of drug-likeness (QED) is 0.813. The Morgan fingerprint density at radius 3 is 2.67 bits per heavy atom. The maximum atomic E-state index is 9.04. The molecule has 0 aliphatic rings. The number of hydrogen-bond donors (Lipinski definition) is 1. The molecule has 0 spiro atoms. The van der Waals surface area contributed by atoms with Gasteiger partial charge in [-0.25, -0.2) is 4.68 Å². The van der Waals surface area contributed by atoms with Crippen molar-refractivity contribution >= 4 is 0 Å². The van der Waals surface area contributed by atoms with Crippen LogP contribution >= 0.6 is 0 Å². The van der Waals surface area contributed by atoms with Crippen molar-refractivity contribution in [3.8, 4) is 0 Å². The van der Waals surface area contributed by atoms with Gasteiger partial charge in [0, 0.05) is 12.8 Å². The fourth-order valence-electron chi connectivity index (χ4n) is 1.63. The van der Waals surface area contributed by atoms with Crippen LogP contribution in [0.25, 0.3) is 0 Å². The van der Waals surface area contributed by atoms with Crippen LogP contribution < -0.4 is 0 Å². The Morgan fingerprint density at radius 2 is 2.07 bits per heavy atom. The van der Waals surface area contributed by atoms with Crippen molar-refractivity contribution in [3.63, 3.8) is 0 Å². The molecule has 4 nitrogen and oxygen atoms in total. The highest BCUT2D eigenvalue weighted by molar-refractivity contribution is 5.19. The maximum Gasteiger partial charge on any atom is 0.0808 e. The minimum atomic E-state index is 0.0682. The van der Waals surface area contributed by atoms with Gasteiger partial charge in [0.1, 0.15) is 0 Å². The third-order valence-corrected chi connectivity index (χ3v) is 2.35. The molecule has 1 aromatic heterocycles. The molecule has 0 bridgehead atoms. The summed E-state index contributed by atoms with van der Waals surface area (Å²) in [6.45, 7) is 0.138. The molecule has 1 unspecified atom stereocenters. The van der Waals surface area contributed by atoms with Crippen molar-refractivity contribution in [1.82, 2.24) is 15.0 Å². The lowest BCUT2D eigenvalue weighted by Gasteiger charge is -2.15. The van der Waals surface area contributed by atoms with Gasteiger partial charge in [0.05, 0.1) is 12.2 Å². The predicted molar refractivity (Wildman–Crippen MR) is 56.3 cm³/mol. The zero-order valence-electron chi connectivity index (χ0n) is 8.32. The molecule has 78 valence electrons. The van der Waals surface area contributed by atoms with Crippen molar-refractivity contribution in [1.29, 1.82) is 0 Å². The molecule has 2 aromatic rings. The lowest BCUT2D eigenvalue weighted by Crippen LogP contribution is -2.13. The van der Waals surface area contributed by atoms with E-state index in [1.54, 1.807) is 10.9 Å². The van der Waals surface area contributed by atoms with E-state index < -0.39 is 0 Å². The van der Waals surface area contributed by atoms with E-state index in [0.717, 1.165) is 5.56 Å². The number of hydrogen-bond acceptors (Lipinski definition) is 3. The summed E-state index contributed by atoms with van der Waals surface area (Å²) in [5, 5.41) is 16.8. The van der Waals surface area contributed by atoms with Crippen LogP contribution in [0.15, 0.2) is 42.7 Å². The highest BCUT2D eigenvalue weighted by Gasteiger charge is 2.12. The Labute approximate surface area is 88.2 Å². The van der Waals surface area contributed by atoms with E-state index >= 15 is 0 Å². The Balaban J connectivity index is 2.28. The molecular weight excluding hydrogens is 190 g/mol. The zero-order valence-corrected chi connectivity index (χ0v) is 8.32. The summed E-state index contributed by atoms with van der Waals surface area (Å²) < 4.78 is 1.77. The smallest absolute Gasteiger partial charge is 0.0808 e. The van der Waals surface area contributed by atoms with Gasteiger partial charge >= 0.3 is 0 Å². The minimum absolute atomic E-state index is 0.0682. The lowest BCUT2D eigenvalue weighted by molar-refractivity contribution is 0.262. The molecule has 0 fully saturated rings. The Kier molecular flexibility index (Phi) is 3.09. The first-order valence-electron chi connectivity index (χ1n) is 4.93. The van der Waals surface area contributed by atoms with Gasteiger partial charge in [0.15, 0.2) is 0 Å². The Hall–Kier alpha value is -1.68. The van der Waals surface area contributed by atoms with Gasteiger partial charge < -0.3 is 5.11 Å². The average molecular weight is 203 g/mol. The van der Waals surface area contributed by atoms with Gasteiger partial charge in [-0.2, -0.15) is 0 Å². The van der Waals surface area contributed by atoms with Crippen LogP contribution in [0.5, 0.6) is 0 Å². The largest absolute Gasteiger partial charge is 0.396 e. The molecule has 15 heavy (non-hydrogen) atoms. The van der Waals surface area contributed by atoms with E-state index in [1.807, 2.05) is 36.5 Å². The fourth-order valence-corrected chi connectivity index (χ4v) is 1.63. The van der Waals surface area contributed by atoms with E-state index in [2.05, 4.69) is 10.3 Å². The fraction of sp³-hybridized carbons (Fsp3) is 0.273. The van der Waals surface area contributed by atoms with E-state index in [4.69, 9.17) is 5.11 Å². The normalized spacial score (nSPS) is 12.6. The molecule has 0 aliphatic carbocycles. The van der Waals surface area contributed by atoms with E-state index in [1.165, 1.54) is 0 Å². The second kappa shape index (κ2) is 4.70. The molecule has 1 atom stereocenters. The monoisotopic (exact) mass is 203 g/mol. The van der Waals surface area contributed by atoms with E-state index in [-0.39, 0.29) is 12.6 Å². The average Bonchev–Trinajstić information content (AvgIpc) is 2.80. The van der Waals surface area contributed by atoms with Gasteiger partial charge in [0.25, 0.3) is 0 Å². The topological polar surface area (TPSA) is 50.9 Å². The van der Waals surface area contributed by atoms with E-state index in [0.29, 0.717) is 6.42 Å². The zero-order chi connectivity index (χ0) is 10.5. The van der Waals surface area contributed by atoms with Crippen LogP contribution in [-0.4, -0.2) is 26.7 Å². The highest BCUT2D eigenvalue weighted by Crippen LogP contribution is 2.19. The van der Waals surface area contributed by atoms with Gasteiger partial charge in [-0.15, -0.1) is 5.10 Å². The maximum absolute atomic E-state index is 9.04. The number of nitrogens with zero attached hydrogens (tertiary/aromatic N) is 3. The molecule has 1 aromatic carbocycles. The molecule has 0 amide bonds. The standard InChI is InChI=1S/C11H13N3O/c15-9-6-11(14-8-7-12-13-14)10-4-2-1-3-5-10/h1-5,7-8,11,15H,6,9H2. The Morgan fingerprint density at radius 1 is 1.27 bits per heavy atom. The summed E-state index contributed by atoms with van der Waals surface area (Å²) in [4.78, 5) is 0. The van der Waals surface area contributed by atoms with Crippen molar-refractivity contribution in [2.75, 3.05) is 6.61 Å². The number of rotatable bonds is 4. The summed E-state index contributed by atoms with van der Waals surface area (Å²) in [6.07, 6.45) is 4.11. The van der Waals surface area contributed by atoms with Gasteiger partial charge in [-0.1, -0.05) is 35.5 Å². The van der Waals surface area contributed by atoms with Crippen LogP contribution in [0.4, 0.5) is 0 Å². The van der Waals surface area contributed by atoms with E-state index in [9.17, 15) is 0 Å². The summed E-state index contributed by atoms with van der Waals surface area (Å²) >= 11 is 0. The number of aromatic nitrogens is 3. The number of aliphatic hydroxyl groups is 1. The SMILES string of the molecule is OCCC(c1ccccc1)n1ccnn1. The Bertz CT molecular complexity index is 385. The van der Waals surface area contributed by atoms with Crippen LogP contribution in [0.3, 0.4) is 0 Å². The van der Waals surface area contributed by atoms with Gasteiger partial charge in [0.2, 0.25) is 0 Å². The van der Waals surface area contributed by atoms with Crippen molar-refractivity contribution < 1.29 is 5.11 Å². The molecule has 0 radical (unpaired) electrons. The van der Waals surface area contributed by atoms with Gasteiger partial charge in [-0.05, 0) is 12.0 Å². The van der Waals surface area contributed by atoms with Crippen molar-refractivity contribution in [2.45, 2.75) is 12.5 Å². The molecule has 0 saturated carbocycles. The second-order valence-electron chi connectivity index (χ2n) is 3.32. The number of benzene rings is 1. The molecule has 1 heterocycles. The third-order valence-electron chi connectivity index (χ3n) is 2.35. The summed E-state index contributed by atoms with van der Waals surface area (Å²) in [5.41, 5.74) is 1.14. The molecular formula is C11H13N3O. The first kappa shape index (κ1) is 9.86. The molecule has 1 N–H and O–H groups in total. The second-order valence-corrected chi connectivity index (χ2v) is 3.32. The lowest BCUT2D eigenvalue weighted by atomic mass is 10.0. The van der Waals surface area contributed by atoms with Crippen LogP contribution in [-0.2, 0) is 0 Å². The summed E-state index contributed by atoms with van der Waals surface area (Å²) in [5.74, 6) is 0. The van der Waals surface area contributed by atoms with Crippen molar-refractivity contribution in [3.05, 3.63) is 48.3 Å². The van der Waals surface area contributed by atoms with Crippen molar-refractivity contribution in [2.24, 2.45) is 0 Å². The predicted octanol–water partition coefficient (Wildman–Crippen LogP) is 1.25. The summed E-state index contributed by atoms with van der Waals surface area (Å²) in [6, 6.07) is 10.1. The first-order valence-corrected chi connectivity index (χ1v) is 4.93. The van der Waals surface area contributed by atoms with Crippen LogP contribution in [0.2, 0.25) is 0 Å². The first-order chi connectivity index (χ1) is 7.42. The highest BCUT2D eigenvalue weighted by atomic mass is 16.3. The summed E-state index contributed by atoms with van der Waals surface area (Å²) in [7, 11) is 0. The van der Waals surface area contributed by atoms with Crippen LogP contribution in [0.1, 0.15) is 18.0 Å². The molecule has 0 saturated heterocycles. The number of aliphatic hydroxyl groups excluding tert-OH is 1. The third kappa shape index (κ3) is 2.22. The van der Waals surface area contributed by atoms with Crippen LogP contribution in [0, 0.1) is 0 Å².